The van der Waals surface area contributed by atoms with Gasteiger partial charge < -0.3 is 10.1 Å². The van der Waals surface area contributed by atoms with Gasteiger partial charge in [-0.3, -0.25) is 0 Å². The standard InChI is InChI=1S/C9H12ClNO2/c10-6-3-1-2-4-8-5-7-13-9(12)11-8/h8H,1,3,5-7H2,(H,11,12)/t8-/m0/s1. The monoisotopic (exact) mass is 201 g/mol. The van der Waals surface area contributed by atoms with E-state index in [2.05, 4.69) is 17.2 Å². The second-order valence-corrected chi connectivity index (χ2v) is 3.11. The van der Waals surface area contributed by atoms with E-state index in [1.165, 1.54) is 0 Å². The number of nitrogens with one attached hydrogen (secondary N) is 1. The van der Waals surface area contributed by atoms with Crippen molar-refractivity contribution < 1.29 is 9.53 Å². The Kier molecular flexibility index (Phi) is 4.48. The second kappa shape index (κ2) is 5.71. The van der Waals surface area contributed by atoms with Gasteiger partial charge in [0.15, 0.2) is 0 Å². The molecule has 1 fully saturated rings. The first-order chi connectivity index (χ1) is 6.33. The van der Waals surface area contributed by atoms with Crippen LogP contribution in [0, 0.1) is 11.8 Å². The molecule has 0 bridgehead atoms. The van der Waals surface area contributed by atoms with Crippen LogP contribution in [0.3, 0.4) is 0 Å². The normalized spacial score (nSPS) is 21.0. The van der Waals surface area contributed by atoms with E-state index in [0.29, 0.717) is 12.5 Å². The minimum absolute atomic E-state index is 0.0448. The lowest BCUT2D eigenvalue weighted by atomic mass is 10.2. The van der Waals surface area contributed by atoms with E-state index >= 15 is 0 Å². The van der Waals surface area contributed by atoms with Crippen LogP contribution in [0.25, 0.3) is 0 Å². The SMILES string of the molecule is O=C1N[C@@H](C#CCCCCl)CCO1. The lowest BCUT2D eigenvalue weighted by molar-refractivity contribution is 0.122. The Morgan fingerprint density at radius 1 is 1.69 bits per heavy atom. The average Bonchev–Trinajstić information content (AvgIpc) is 2.13. The van der Waals surface area contributed by atoms with Crippen molar-refractivity contribution in [3.63, 3.8) is 0 Å². The molecule has 1 amide bonds. The molecule has 1 saturated heterocycles. The zero-order chi connectivity index (χ0) is 9.52. The maximum Gasteiger partial charge on any atom is 0.408 e. The third-order valence-corrected chi connectivity index (χ3v) is 1.91. The molecule has 0 saturated carbocycles. The highest BCUT2D eigenvalue weighted by atomic mass is 35.5. The first kappa shape index (κ1) is 10.2. The fraction of sp³-hybridized carbons (Fsp3) is 0.667. The number of unbranched alkanes of at least 4 members (excludes halogenated alkanes) is 1. The number of alkyl carbamates (subject to hydrolysis) is 1. The minimum Gasteiger partial charge on any atom is -0.449 e. The summed E-state index contributed by atoms with van der Waals surface area (Å²) in [6, 6.07) is -0.0448. The van der Waals surface area contributed by atoms with Crippen LogP contribution in [0.15, 0.2) is 0 Å². The number of carbonyl (C=O) groups is 1. The van der Waals surface area contributed by atoms with Crippen molar-refractivity contribution in [2.45, 2.75) is 25.3 Å². The van der Waals surface area contributed by atoms with Crippen LogP contribution < -0.4 is 5.32 Å². The van der Waals surface area contributed by atoms with Crippen molar-refractivity contribution in [1.82, 2.24) is 5.32 Å². The number of halogens is 1. The molecule has 0 aliphatic carbocycles. The van der Waals surface area contributed by atoms with Crippen molar-refractivity contribution in [2.24, 2.45) is 0 Å². The van der Waals surface area contributed by atoms with E-state index < -0.39 is 0 Å². The molecule has 0 spiro atoms. The van der Waals surface area contributed by atoms with Crippen LogP contribution >= 0.6 is 11.6 Å². The molecule has 3 nitrogen and oxygen atoms in total. The predicted octanol–water partition coefficient (Wildman–Crippen LogP) is 1.51. The molecular weight excluding hydrogens is 190 g/mol. The Morgan fingerprint density at radius 3 is 3.23 bits per heavy atom. The second-order valence-electron chi connectivity index (χ2n) is 2.74. The molecule has 1 aliphatic rings. The Bertz CT molecular complexity index is 232. The molecule has 1 rings (SSSR count). The maximum atomic E-state index is 10.7. The number of amides is 1. The van der Waals surface area contributed by atoms with Crippen LogP contribution in [0.1, 0.15) is 19.3 Å². The summed E-state index contributed by atoms with van der Waals surface area (Å²) in [5.41, 5.74) is 0. The van der Waals surface area contributed by atoms with Crippen molar-refractivity contribution >= 4 is 17.7 Å². The molecule has 4 heteroatoms. The molecule has 1 heterocycles. The van der Waals surface area contributed by atoms with Crippen LogP contribution in [0.5, 0.6) is 0 Å². The number of ether oxygens (including phenoxy) is 1. The van der Waals surface area contributed by atoms with Gasteiger partial charge in [0.25, 0.3) is 0 Å². The summed E-state index contributed by atoms with van der Waals surface area (Å²) in [5, 5.41) is 2.63. The summed E-state index contributed by atoms with van der Waals surface area (Å²) in [6.45, 7) is 0.459. The third-order valence-electron chi connectivity index (χ3n) is 1.64. The van der Waals surface area contributed by atoms with Gasteiger partial charge in [0.05, 0.1) is 12.6 Å². The summed E-state index contributed by atoms with van der Waals surface area (Å²) in [4.78, 5) is 10.7. The molecule has 1 atom stereocenters. The molecular formula is C9H12ClNO2. The highest BCUT2D eigenvalue weighted by Gasteiger charge is 2.16. The Balaban J connectivity index is 2.25. The first-order valence-corrected chi connectivity index (χ1v) is 4.84. The topological polar surface area (TPSA) is 38.3 Å². The Morgan fingerprint density at radius 2 is 2.54 bits per heavy atom. The summed E-state index contributed by atoms with van der Waals surface area (Å²) in [7, 11) is 0. The molecule has 1 N–H and O–H groups in total. The van der Waals surface area contributed by atoms with Crippen LogP contribution in [-0.2, 0) is 4.74 Å². The van der Waals surface area contributed by atoms with Gasteiger partial charge in [-0.2, -0.15) is 0 Å². The Hall–Kier alpha value is -0.880. The number of rotatable bonds is 2. The summed E-state index contributed by atoms with van der Waals surface area (Å²) in [5.74, 6) is 6.57. The van der Waals surface area contributed by atoms with Gasteiger partial charge in [0, 0.05) is 18.7 Å². The fourth-order valence-electron chi connectivity index (χ4n) is 0.984. The molecule has 72 valence electrons. The summed E-state index contributed by atoms with van der Waals surface area (Å²) < 4.78 is 4.70. The van der Waals surface area contributed by atoms with Gasteiger partial charge in [0.2, 0.25) is 0 Å². The number of cyclic esters (lactones) is 1. The van der Waals surface area contributed by atoms with E-state index in [1.807, 2.05) is 0 Å². The first-order valence-electron chi connectivity index (χ1n) is 4.30. The predicted molar refractivity (Wildman–Crippen MR) is 50.6 cm³/mol. The summed E-state index contributed by atoms with van der Waals surface area (Å²) >= 11 is 5.49. The van der Waals surface area contributed by atoms with E-state index in [-0.39, 0.29) is 12.1 Å². The summed E-state index contributed by atoms with van der Waals surface area (Å²) in [6.07, 6.45) is 2.07. The van der Waals surface area contributed by atoms with Crippen molar-refractivity contribution in [3.8, 4) is 11.8 Å². The molecule has 0 unspecified atom stereocenters. The largest absolute Gasteiger partial charge is 0.449 e. The lowest BCUT2D eigenvalue weighted by Crippen LogP contribution is -2.40. The van der Waals surface area contributed by atoms with Gasteiger partial charge in [-0.25, -0.2) is 4.79 Å². The van der Waals surface area contributed by atoms with Crippen LogP contribution in [-0.4, -0.2) is 24.6 Å². The molecule has 0 aromatic rings. The highest BCUT2D eigenvalue weighted by Crippen LogP contribution is 1.99. The molecule has 0 aromatic heterocycles. The van der Waals surface area contributed by atoms with Gasteiger partial charge in [-0.1, -0.05) is 5.92 Å². The Labute approximate surface area is 82.8 Å². The number of carbonyl (C=O) groups excluding carboxylic acids is 1. The lowest BCUT2D eigenvalue weighted by Gasteiger charge is -2.18. The van der Waals surface area contributed by atoms with Gasteiger partial charge in [0.1, 0.15) is 0 Å². The maximum absolute atomic E-state index is 10.7. The van der Waals surface area contributed by atoms with Gasteiger partial charge >= 0.3 is 6.09 Å². The molecule has 1 aliphatic heterocycles. The molecule has 0 aromatic carbocycles. The highest BCUT2D eigenvalue weighted by molar-refractivity contribution is 6.17. The number of alkyl halides is 1. The van der Waals surface area contributed by atoms with Crippen molar-refractivity contribution in [2.75, 3.05) is 12.5 Å². The molecule has 13 heavy (non-hydrogen) atoms. The van der Waals surface area contributed by atoms with Crippen molar-refractivity contribution in [1.29, 1.82) is 0 Å². The zero-order valence-electron chi connectivity index (χ0n) is 7.31. The van der Waals surface area contributed by atoms with Crippen LogP contribution in [0.4, 0.5) is 4.79 Å². The number of hydrogen-bond donors (Lipinski definition) is 1. The van der Waals surface area contributed by atoms with Gasteiger partial charge in [-0.15, -0.1) is 17.5 Å². The van der Waals surface area contributed by atoms with E-state index in [4.69, 9.17) is 16.3 Å². The van der Waals surface area contributed by atoms with E-state index in [0.717, 1.165) is 19.3 Å². The zero-order valence-corrected chi connectivity index (χ0v) is 8.06. The minimum atomic E-state index is -0.372. The average molecular weight is 202 g/mol. The fourth-order valence-corrected chi connectivity index (χ4v) is 1.12. The van der Waals surface area contributed by atoms with Gasteiger partial charge in [-0.05, 0) is 6.42 Å². The van der Waals surface area contributed by atoms with Crippen molar-refractivity contribution in [3.05, 3.63) is 0 Å². The molecule has 0 radical (unpaired) electrons. The van der Waals surface area contributed by atoms with E-state index in [1.54, 1.807) is 0 Å². The quantitative estimate of drug-likeness (QED) is 0.418. The third kappa shape index (κ3) is 4.05. The van der Waals surface area contributed by atoms with Crippen LogP contribution in [0.2, 0.25) is 0 Å². The number of hydrogen-bond acceptors (Lipinski definition) is 2. The van der Waals surface area contributed by atoms with E-state index in [9.17, 15) is 4.79 Å². The smallest absolute Gasteiger partial charge is 0.408 e.